The van der Waals surface area contributed by atoms with E-state index in [0.717, 1.165) is 5.56 Å². The average Bonchev–Trinajstić information content (AvgIpc) is 2.82. The minimum atomic E-state index is -0.938. The molecule has 1 amide bonds. The summed E-state index contributed by atoms with van der Waals surface area (Å²) >= 11 is 12.5. The summed E-state index contributed by atoms with van der Waals surface area (Å²) in [4.78, 5) is 24.1. The molecule has 0 saturated carbocycles. The van der Waals surface area contributed by atoms with Gasteiger partial charge in [0.1, 0.15) is 17.2 Å². The van der Waals surface area contributed by atoms with Gasteiger partial charge in [0, 0.05) is 35.5 Å². The lowest BCUT2D eigenvalue weighted by Crippen LogP contribution is -2.23. The Morgan fingerprint density at radius 3 is 2.48 bits per heavy atom. The van der Waals surface area contributed by atoms with Gasteiger partial charge >= 0.3 is 5.97 Å². The third-order valence-corrected chi connectivity index (χ3v) is 6.01. The van der Waals surface area contributed by atoms with Gasteiger partial charge < -0.3 is 14.6 Å². The lowest BCUT2D eigenvalue weighted by Gasteiger charge is -2.24. The molecule has 0 bridgehead atoms. The molecule has 6 nitrogen and oxygen atoms in total. The van der Waals surface area contributed by atoms with Crippen LogP contribution in [0.25, 0.3) is 0 Å². The van der Waals surface area contributed by atoms with Gasteiger partial charge in [-0.3, -0.25) is 14.0 Å². The van der Waals surface area contributed by atoms with E-state index in [2.05, 4.69) is 0 Å². The number of amides is 1. The van der Waals surface area contributed by atoms with Crippen LogP contribution in [0.2, 0.25) is 5.02 Å². The number of ether oxygens (including phenoxy) is 2. The number of carboxylic acid groups (broad SMARTS) is 1. The molecule has 4 rings (SSSR count). The van der Waals surface area contributed by atoms with E-state index >= 15 is 0 Å². The van der Waals surface area contributed by atoms with Crippen molar-refractivity contribution in [2.24, 2.45) is 0 Å². The van der Waals surface area contributed by atoms with E-state index in [9.17, 15) is 14.7 Å². The lowest BCUT2D eigenvalue weighted by molar-refractivity contribution is -0.139. The predicted octanol–water partition coefficient (Wildman–Crippen LogP) is 5.92. The highest BCUT2D eigenvalue weighted by Crippen LogP contribution is 2.42. The van der Waals surface area contributed by atoms with Crippen LogP contribution in [0.1, 0.15) is 33.8 Å². The second-order valence-corrected chi connectivity index (χ2v) is 8.41. The summed E-state index contributed by atoms with van der Waals surface area (Å²) in [5.74, 6) is -0.652. The van der Waals surface area contributed by atoms with E-state index in [4.69, 9.17) is 32.9 Å². The van der Waals surface area contributed by atoms with Crippen LogP contribution in [-0.2, 0) is 11.2 Å². The van der Waals surface area contributed by atoms with Crippen LogP contribution >= 0.6 is 23.4 Å². The Morgan fingerprint density at radius 1 is 1.06 bits per heavy atom. The summed E-state index contributed by atoms with van der Waals surface area (Å²) in [6, 6.07) is 19.6. The summed E-state index contributed by atoms with van der Waals surface area (Å²) in [6.07, 6.45) is 1.02. The first kappa shape index (κ1) is 23.0. The molecule has 1 aliphatic heterocycles. The molecule has 33 heavy (non-hydrogen) atoms. The van der Waals surface area contributed by atoms with Crippen molar-refractivity contribution in [3.63, 3.8) is 0 Å². The molecular weight excluding hydrogens is 465 g/mol. The first-order chi connectivity index (χ1) is 15.9. The third-order valence-electron chi connectivity index (χ3n) is 5.37. The summed E-state index contributed by atoms with van der Waals surface area (Å²) in [5, 5.41) is 9.71. The molecule has 3 aromatic carbocycles. The minimum absolute atomic E-state index is 0.276. The number of fused-ring (bicyclic) bond motifs is 1. The van der Waals surface area contributed by atoms with E-state index in [1.165, 1.54) is 4.42 Å². The minimum Gasteiger partial charge on any atom is -0.493 e. The van der Waals surface area contributed by atoms with Gasteiger partial charge in [-0.05, 0) is 48.7 Å². The average molecular weight is 486 g/mol. The van der Waals surface area contributed by atoms with Crippen LogP contribution in [-0.4, -0.2) is 34.6 Å². The Labute approximate surface area is 201 Å². The maximum absolute atomic E-state index is 12.6. The number of rotatable bonds is 7. The molecule has 1 heterocycles. The number of hydrogen-bond acceptors (Lipinski definition) is 4. The SMILES string of the molecule is O=C(O)C1CCOc2cc(Oc3ccc(C(=O)N(Cl)CCc4ccccc4)cc3)cc(Cl)c21. The number of halogens is 2. The van der Waals surface area contributed by atoms with Crippen LogP contribution in [0.5, 0.6) is 17.2 Å². The third kappa shape index (κ3) is 5.41. The van der Waals surface area contributed by atoms with E-state index in [-0.39, 0.29) is 10.9 Å². The van der Waals surface area contributed by atoms with Crippen LogP contribution in [0.4, 0.5) is 0 Å². The van der Waals surface area contributed by atoms with Gasteiger partial charge in [-0.15, -0.1) is 0 Å². The molecule has 1 atom stereocenters. The van der Waals surface area contributed by atoms with Gasteiger partial charge in [0.05, 0.1) is 17.5 Å². The van der Waals surface area contributed by atoms with Gasteiger partial charge in [-0.25, -0.2) is 0 Å². The normalized spacial score (nSPS) is 14.7. The molecule has 1 N–H and O–H groups in total. The number of carbonyl (C=O) groups excluding carboxylic acids is 1. The number of nitrogens with zero attached hydrogens (tertiary/aromatic N) is 1. The number of benzene rings is 3. The van der Waals surface area contributed by atoms with Crippen molar-refractivity contribution in [2.45, 2.75) is 18.8 Å². The smallest absolute Gasteiger partial charge is 0.311 e. The molecule has 0 spiro atoms. The molecular formula is C25H21Cl2NO5. The highest BCUT2D eigenvalue weighted by Gasteiger charge is 2.30. The van der Waals surface area contributed by atoms with E-state index in [1.54, 1.807) is 36.4 Å². The van der Waals surface area contributed by atoms with Crippen molar-refractivity contribution >= 4 is 35.3 Å². The van der Waals surface area contributed by atoms with E-state index in [1.807, 2.05) is 30.3 Å². The molecule has 3 aromatic rings. The maximum atomic E-state index is 12.6. The van der Waals surface area contributed by atoms with Crippen molar-refractivity contribution in [1.82, 2.24) is 4.42 Å². The summed E-state index contributed by atoms with van der Waals surface area (Å²) in [5.41, 5.74) is 1.99. The Morgan fingerprint density at radius 2 is 1.79 bits per heavy atom. The highest BCUT2D eigenvalue weighted by molar-refractivity contribution is 6.32. The molecule has 0 saturated heterocycles. The fourth-order valence-corrected chi connectivity index (χ4v) is 4.19. The summed E-state index contributed by atoms with van der Waals surface area (Å²) in [6.45, 7) is 0.674. The van der Waals surface area contributed by atoms with Gasteiger partial charge in [0.2, 0.25) is 0 Å². The fraction of sp³-hybridized carbons (Fsp3) is 0.200. The first-order valence-corrected chi connectivity index (χ1v) is 11.1. The zero-order chi connectivity index (χ0) is 23.4. The van der Waals surface area contributed by atoms with Crippen LogP contribution in [0, 0.1) is 0 Å². The lowest BCUT2D eigenvalue weighted by atomic mass is 9.93. The second kappa shape index (κ2) is 10.1. The molecule has 0 aliphatic carbocycles. The number of hydrogen-bond donors (Lipinski definition) is 1. The summed E-state index contributed by atoms with van der Waals surface area (Å²) in [7, 11) is 0. The topological polar surface area (TPSA) is 76.1 Å². The Hall–Kier alpha value is -3.22. The molecule has 0 radical (unpaired) electrons. The zero-order valence-electron chi connectivity index (χ0n) is 17.5. The van der Waals surface area contributed by atoms with Crippen molar-refractivity contribution in [2.75, 3.05) is 13.2 Å². The largest absolute Gasteiger partial charge is 0.493 e. The predicted molar refractivity (Wildman–Crippen MR) is 125 cm³/mol. The molecule has 0 fully saturated rings. The van der Waals surface area contributed by atoms with Crippen molar-refractivity contribution in [1.29, 1.82) is 0 Å². The zero-order valence-corrected chi connectivity index (χ0v) is 19.1. The van der Waals surface area contributed by atoms with Crippen LogP contribution in [0.15, 0.2) is 66.7 Å². The van der Waals surface area contributed by atoms with Crippen LogP contribution < -0.4 is 9.47 Å². The van der Waals surface area contributed by atoms with Gasteiger partial charge in [0.15, 0.2) is 0 Å². The highest BCUT2D eigenvalue weighted by atomic mass is 35.5. The number of carbonyl (C=O) groups is 2. The van der Waals surface area contributed by atoms with Crippen molar-refractivity contribution < 1.29 is 24.2 Å². The Bertz CT molecular complexity index is 1150. The van der Waals surface area contributed by atoms with Crippen LogP contribution in [0.3, 0.4) is 0 Å². The Balaban J connectivity index is 1.42. The molecule has 0 aromatic heterocycles. The molecule has 170 valence electrons. The molecule has 1 unspecified atom stereocenters. The number of aliphatic carboxylic acids is 1. The standard InChI is InChI=1S/C25H21Cl2NO5/c26-21-14-19(15-22-23(21)20(25(30)31)11-13-32-22)33-18-8-6-17(7-9-18)24(29)28(27)12-10-16-4-2-1-3-5-16/h1-9,14-15,20H,10-13H2,(H,30,31). The van der Waals surface area contributed by atoms with Crippen molar-refractivity contribution in [3.05, 3.63) is 88.4 Å². The molecule has 1 aliphatic rings. The van der Waals surface area contributed by atoms with E-state index < -0.39 is 11.9 Å². The summed E-state index contributed by atoms with van der Waals surface area (Å²) < 4.78 is 12.6. The quantitative estimate of drug-likeness (QED) is 0.420. The second-order valence-electron chi connectivity index (χ2n) is 7.60. The van der Waals surface area contributed by atoms with Gasteiger partial charge in [-0.1, -0.05) is 41.9 Å². The fourth-order valence-electron chi connectivity index (χ4n) is 3.68. The first-order valence-electron chi connectivity index (χ1n) is 10.4. The monoisotopic (exact) mass is 485 g/mol. The van der Waals surface area contributed by atoms with E-state index in [0.29, 0.717) is 54.4 Å². The Kier molecular flexibility index (Phi) is 7.06. The number of carboxylic acids is 1. The molecule has 8 heteroatoms. The van der Waals surface area contributed by atoms with Crippen molar-refractivity contribution in [3.8, 4) is 17.2 Å². The van der Waals surface area contributed by atoms with Gasteiger partial charge in [0.25, 0.3) is 5.91 Å². The maximum Gasteiger partial charge on any atom is 0.311 e. The van der Waals surface area contributed by atoms with Gasteiger partial charge in [-0.2, -0.15) is 0 Å².